The maximum Gasteiger partial charge on any atom is 0.262 e. The van der Waals surface area contributed by atoms with E-state index in [2.05, 4.69) is 13.8 Å². The molecule has 0 unspecified atom stereocenters. The Morgan fingerprint density at radius 2 is 1.92 bits per heavy atom. The number of hydrogen-bond donors (Lipinski definition) is 2. The average molecular weight is 369 g/mol. The minimum Gasteiger partial charge on any atom is -0.333 e. The second-order valence-electron chi connectivity index (χ2n) is 7.64. The second-order valence-corrected chi connectivity index (χ2v) is 8.05. The van der Waals surface area contributed by atoms with Gasteiger partial charge in [0.2, 0.25) is 5.91 Å². The van der Waals surface area contributed by atoms with Crippen molar-refractivity contribution in [1.82, 2.24) is 10.4 Å². The van der Waals surface area contributed by atoms with Crippen LogP contribution >= 0.6 is 11.6 Å². The molecule has 5 nitrogen and oxygen atoms in total. The Morgan fingerprint density at radius 1 is 1.28 bits per heavy atom. The molecule has 1 aromatic rings. The first-order chi connectivity index (χ1) is 11.6. The summed E-state index contributed by atoms with van der Waals surface area (Å²) in [6, 6.07) is 7.62. The second kappa shape index (κ2) is 9.78. The largest absolute Gasteiger partial charge is 0.333 e. The number of hydroxylamine groups is 1. The Hall–Kier alpha value is -1.59. The quantitative estimate of drug-likeness (QED) is 0.516. The van der Waals surface area contributed by atoms with Crippen LogP contribution in [0.2, 0.25) is 5.02 Å². The summed E-state index contributed by atoms with van der Waals surface area (Å²) in [5, 5.41) is 9.44. The van der Waals surface area contributed by atoms with E-state index in [4.69, 9.17) is 16.8 Å². The summed E-state index contributed by atoms with van der Waals surface area (Å²) in [6.07, 6.45) is 1.77. The molecule has 0 radical (unpaired) electrons. The smallest absolute Gasteiger partial charge is 0.262 e. The molecule has 6 heteroatoms. The zero-order valence-corrected chi connectivity index (χ0v) is 16.3. The molecule has 1 rings (SSSR count). The monoisotopic (exact) mass is 368 g/mol. The predicted octanol–water partition coefficient (Wildman–Crippen LogP) is 3.68. The zero-order valence-electron chi connectivity index (χ0n) is 15.5. The van der Waals surface area contributed by atoms with Crippen LogP contribution in [0, 0.1) is 11.3 Å². The first kappa shape index (κ1) is 21.5. The number of carbonyl (C=O) groups is 2. The van der Waals surface area contributed by atoms with Crippen molar-refractivity contribution in [3.05, 3.63) is 34.9 Å². The standard InChI is InChI=1S/C19H29ClN2O3/c1-14(2)9-10-22(13-17(23)21-25)18(24)12-19(3,4)11-15-7-5-6-8-16(15)20/h5-8,14,25H,9-13H2,1-4H3,(H,21,23). The molecule has 0 fully saturated rings. The van der Waals surface area contributed by atoms with Gasteiger partial charge in [0.25, 0.3) is 5.91 Å². The van der Waals surface area contributed by atoms with Crippen molar-refractivity contribution in [2.24, 2.45) is 11.3 Å². The highest BCUT2D eigenvalue weighted by atomic mass is 35.5. The number of carbonyl (C=O) groups excluding carboxylic acids is 2. The van der Waals surface area contributed by atoms with Gasteiger partial charge in [-0.3, -0.25) is 14.8 Å². The van der Waals surface area contributed by atoms with E-state index in [-0.39, 0.29) is 17.9 Å². The number of halogens is 1. The minimum atomic E-state index is -0.582. The van der Waals surface area contributed by atoms with Crippen LogP contribution in [0.4, 0.5) is 0 Å². The molecule has 0 saturated heterocycles. The third-order valence-electron chi connectivity index (χ3n) is 4.04. The topological polar surface area (TPSA) is 69.6 Å². The van der Waals surface area contributed by atoms with Crippen LogP contribution in [0.1, 0.15) is 46.1 Å². The van der Waals surface area contributed by atoms with Gasteiger partial charge in [0.15, 0.2) is 0 Å². The summed E-state index contributed by atoms with van der Waals surface area (Å²) in [4.78, 5) is 25.7. The third-order valence-corrected chi connectivity index (χ3v) is 4.41. The molecule has 0 atom stereocenters. The van der Waals surface area contributed by atoms with Gasteiger partial charge >= 0.3 is 0 Å². The maximum absolute atomic E-state index is 12.7. The molecule has 140 valence electrons. The lowest BCUT2D eigenvalue weighted by atomic mass is 9.82. The molecule has 0 bridgehead atoms. The molecule has 0 aromatic heterocycles. The van der Waals surface area contributed by atoms with Gasteiger partial charge in [-0.2, -0.15) is 0 Å². The molecule has 1 aromatic carbocycles. The highest BCUT2D eigenvalue weighted by Gasteiger charge is 2.27. The lowest BCUT2D eigenvalue weighted by Crippen LogP contribution is -2.42. The molecule has 0 aliphatic rings. The van der Waals surface area contributed by atoms with E-state index in [9.17, 15) is 9.59 Å². The molecular formula is C19H29ClN2O3. The molecule has 0 heterocycles. The third kappa shape index (κ3) is 7.88. The van der Waals surface area contributed by atoms with Crippen molar-refractivity contribution < 1.29 is 14.8 Å². The normalized spacial score (nSPS) is 11.5. The Morgan fingerprint density at radius 3 is 2.48 bits per heavy atom. The fourth-order valence-corrected chi connectivity index (χ4v) is 2.86. The van der Waals surface area contributed by atoms with Crippen LogP contribution in [-0.2, 0) is 16.0 Å². The first-order valence-electron chi connectivity index (χ1n) is 8.58. The van der Waals surface area contributed by atoms with Crippen molar-refractivity contribution in [3.63, 3.8) is 0 Å². The van der Waals surface area contributed by atoms with E-state index in [1.807, 2.05) is 38.1 Å². The van der Waals surface area contributed by atoms with Crippen molar-refractivity contribution in [3.8, 4) is 0 Å². The van der Waals surface area contributed by atoms with Crippen molar-refractivity contribution in [2.45, 2.75) is 47.0 Å². The van der Waals surface area contributed by atoms with Gasteiger partial charge in [0.1, 0.15) is 6.54 Å². The van der Waals surface area contributed by atoms with Crippen molar-refractivity contribution in [2.75, 3.05) is 13.1 Å². The van der Waals surface area contributed by atoms with Crippen molar-refractivity contribution >= 4 is 23.4 Å². The Balaban J connectivity index is 2.78. The lowest BCUT2D eigenvalue weighted by Gasteiger charge is -2.29. The first-order valence-corrected chi connectivity index (χ1v) is 8.96. The van der Waals surface area contributed by atoms with E-state index < -0.39 is 5.91 Å². The van der Waals surface area contributed by atoms with Gasteiger partial charge in [-0.05, 0) is 35.8 Å². The molecule has 0 spiro atoms. The van der Waals surface area contributed by atoms with Gasteiger partial charge in [-0.15, -0.1) is 0 Å². The van der Waals surface area contributed by atoms with Crippen LogP contribution in [0.15, 0.2) is 24.3 Å². The lowest BCUT2D eigenvalue weighted by molar-refractivity contribution is -0.140. The highest BCUT2D eigenvalue weighted by molar-refractivity contribution is 6.31. The Bertz CT molecular complexity index is 588. The fraction of sp³-hybridized carbons (Fsp3) is 0.579. The molecule has 0 saturated carbocycles. The zero-order chi connectivity index (χ0) is 19.0. The average Bonchev–Trinajstić information content (AvgIpc) is 2.52. The van der Waals surface area contributed by atoms with Gasteiger partial charge < -0.3 is 4.90 Å². The van der Waals surface area contributed by atoms with E-state index >= 15 is 0 Å². The van der Waals surface area contributed by atoms with Gasteiger partial charge in [-0.25, -0.2) is 5.48 Å². The van der Waals surface area contributed by atoms with E-state index in [0.29, 0.717) is 30.3 Å². The van der Waals surface area contributed by atoms with Crippen LogP contribution in [0.25, 0.3) is 0 Å². The summed E-state index contributed by atoms with van der Waals surface area (Å²) in [5.41, 5.74) is 2.30. The SMILES string of the molecule is CC(C)CCN(CC(=O)NO)C(=O)CC(C)(C)Cc1ccccc1Cl. The van der Waals surface area contributed by atoms with Crippen molar-refractivity contribution in [1.29, 1.82) is 0 Å². The number of nitrogens with zero attached hydrogens (tertiary/aromatic N) is 1. The number of hydrogen-bond acceptors (Lipinski definition) is 3. The van der Waals surface area contributed by atoms with E-state index in [1.54, 1.807) is 5.48 Å². The minimum absolute atomic E-state index is 0.0960. The Labute approximate surface area is 155 Å². The van der Waals surface area contributed by atoms with E-state index in [0.717, 1.165) is 12.0 Å². The summed E-state index contributed by atoms with van der Waals surface area (Å²) in [7, 11) is 0. The summed E-state index contributed by atoms with van der Waals surface area (Å²) >= 11 is 6.23. The van der Waals surface area contributed by atoms with Crippen LogP contribution < -0.4 is 5.48 Å². The van der Waals surface area contributed by atoms with Gasteiger partial charge in [-0.1, -0.05) is 57.5 Å². The van der Waals surface area contributed by atoms with Gasteiger partial charge in [0, 0.05) is 18.0 Å². The summed E-state index contributed by atoms with van der Waals surface area (Å²) in [6.45, 7) is 8.52. The maximum atomic E-state index is 12.7. The molecule has 25 heavy (non-hydrogen) atoms. The number of nitrogens with one attached hydrogen (secondary N) is 1. The Kier molecular flexibility index (Phi) is 8.39. The highest BCUT2D eigenvalue weighted by Crippen LogP contribution is 2.30. The van der Waals surface area contributed by atoms with Crippen LogP contribution in [0.5, 0.6) is 0 Å². The molecule has 2 N–H and O–H groups in total. The summed E-state index contributed by atoms with van der Waals surface area (Å²) in [5.74, 6) is -0.258. The number of rotatable bonds is 9. The van der Waals surface area contributed by atoms with Crippen LogP contribution in [-0.4, -0.2) is 35.0 Å². The summed E-state index contributed by atoms with van der Waals surface area (Å²) < 4.78 is 0. The molecule has 2 amide bonds. The van der Waals surface area contributed by atoms with Crippen LogP contribution in [0.3, 0.4) is 0 Å². The van der Waals surface area contributed by atoms with E-state index in [1.165, 1.54) is 4.90 Å². The molecular weight excluding hydrogens is 340 g/mol. The molecule has 0 aliphatic heterocycles. The fourth-order valence-electron chi connectivity index (χ4n) is 2.66. The predicted molar refractivity (Wildman–Crippen MR) is 99.5 cm³/mol. The van der Waals surface area contributed by atoms with Gasteiger partial charge in [0.05, 0.1) is 0 Å². The molecule has 0 aliphatic carbocycles. The number of amides is 2. The number of benzene rings is 1.